The van der Waals surface area contributed by atoms with Crippen molar-refractivity contribution in [3.05, 3.63) is 33.6 Å². The number of benzene rings is 1. The van der Waals surface area contributed by atoms with Gasteiger partial charge in [-0.25, -0.2) is 4.39 Å². The second kappa shape index (κ2) is 8.02. The Kier molecular flexibility index (Phi) is 7.04. The minimum absolute atomic E-state index is 0.0232. The SMILES string of the molecule is COCC(CNC(C)c1cc(F)c(Cl)cc1Cl)OC. The third-order valence-electron chi connectivity index (χ3n) is 2.84. The summed E-state index contributed by atoms with van der Waals surface area (Å²) in [6.45, 7) is 2.96. The molecule has 0 spiro atoms. The zero-order chi connectivity index (χ0) is 14.4. The fraction of sp³-hybridized carbons (Fsp3) is 0.538. The van der Waals surface area contributed by atoms with E-state index in [1.807, 2.05) is 6.92 Å². The van der Waals surface area contributed by atoms with Crippen molar-refractivity contribution in [1.29, 1.82) is 0 Å². The molecule has 2 unspecified atom stereocenters. The number of nitrogens with one attached hydrogen (secondary N) is 1. The molecule has 0 bridgehead atoms. The molecule has 19 heavy (non-hydrogen) atoms. The molecule has 0 aromatic heterocycles. The van der Waals surface area contributed by atoms with Crippen LogP contribution < -0.4 is 5.32 Å². The quantitative estimate of drug-likeness (QED) is 0.783. The van der Waals surface area contributed by atoms with Gasteiger partial charge >= 0.3 is 0 Å². The molecule has 0 fully saturated rings. The highest BCUT2D eigenvalue weighted by molar-refractivity contribution is 6.35. The van der Waals surface area contributed by atoms with Crippen molar-refractivity contribution < 1.29 is 13.9 Å². The fourth-order valence-electron chi connectivity index (χ4n) is 1.68. The number of hydrogen-bond donors (Lipinski definition) is 1. The first-order chi connectivity index (χ1) is 8.99. The molecule has 1 rings (SSSR count). The first kappa shape index (κ1) is 16.7. The van der Waals surface area contributed by atoms with Crippen molar-refractivity contribution in [2.75, 3.05) is 27.4 Å². The maximum absolute atomic E-state index is 13.4. The molecule has 0 radical (unpaired) electrons. The van der Waals surface area contributed by atoms with Crippen LogP contribution in [0.2, 0.25) is 10.0 Å². The van der Waals surface area contributed by atoms with E-state index in [9.17, 15) is 4.39 Å². The molecule has 0 amide bonds. The Bertz CT molecular complexity index is 418. The van der Waals surface area contributed by atoms with E-state index < -0.39 is 5.82 Å². The highest BCUT2D eigenvalue weighted by atomic mass is 35.5. The molecule has 0 aliphatic carbocycles. The number of halogens is 3. The summed E-state index contributed by atoms with van der Waals surface area (Å²) in [6, 6.07) is 2.64. The molecule has 3 nitrogen and oxygen atoms in total. The van der Waals surface area contributed by atoms with Crippen LogP contribution in [0.25, 0.3) is 0 Å². The molecule has 0 saturated carbocycles. The zero-order valence-electron chi connectivity index (χ0n) is 11.2. The predicted octanol–water partition coefficient (Wildman–Crippen LogP) is 3.44. The summed E-state index contributed by atoms with van der Waals surface area (Å²) in [7, 11) is 3.23. The molecule has 1 aromatic rings. The fourth-order valence-corrected chi connectivity index (χ4v) is 2.23. The van der Waals surface area contributed by atoms with Crippen LogP contribution in [0.3, 0.4) is 0 Å². The van der Waals surface area contributed by atoms with Crippen LogP contribution >= 0.6 is 23.2 Å². The second-order valence-corrected chi connectivity index (χ2v) is 5.05. The first-order valence-electron chi connectivity index (χ1n) is 5.89. The number of ether oxygens (including phenoxy) is 2. The maximum Gasteiger partial charge on any atom is 0.142 e. The Morgan fingerprint density at radius 2 is 1.95 bits per heavy atom. The van der Waals surface area contributed by atoms with Gasteiger partial charge in [-0.2, -0.15) is 0 Å². The monoisotopic (exact) mass is 309 g/mol. The van der Waals surface area contributed by atoms with Crippen LogP contribution in [-0.4, -0.2) is 33.5 Å². The van der Waals surface area contributed by atoms with Crippen molar-refractivity contribution in [1.82, 2.24) is 5.32 Å². The van der Waals surface area contributed by atoms with Gasteiger partial charge in [0.05, 0.1) is 17.7 Å². The minimum Gasteiger partial charge on any atom is -0.382 e. The summed E-state index contributed by atoms with van der Waals surface area (Å²) in [6.07, 6.45) is -0.0663. The lowest BCUT2D eigenvalue weighted by Gasteiger charge is -2.20. The highest BCUT2D eigenvalue weighted by Gasteiger charge is 2.15. The van der Waals surface area contributed by atoms with Crippen molar-refractivity contribution in [2.45, 2.75) is 19.1 Å². The molecule has 2 atom stereocenters. The van der Waals surface area contributed by atoms with Gasteiger partial charge < -0.3 is 14.8 Å². The Morgan fingerprint density at radius 3 is 2.53 bits per heavy atom. The second-order valence-electron chi connectivity index (χ2n) is 4.23. The summed E-state index contributed by atoms with van der Waals surface area (Å²) < 4.78 is 23.7. The number of hydrogen-bond acceptors (Lipinski definition) is 3. The van der Waals surface area contributed by atoms with E-state index in [0.29, 0.717) is 23.7 Å². The smallest absolute Gasteiger partial charge is 0.142 e. The van der Waals surface area contributed by atoms with E-state index in [0.717, 1.165) is 0 Å². The summed E-state index contributed by atoms with van der Waals surface area (Å²) in [5, 5.41) is 3.68. The normalized spacial score (nSPS) is 14.4. The van der Waals surface area contributed by atoms with Gasteiger partial charge in [0, 0.05) is 31.8 Å². The molecule has 0 saturated heterocycles. The molecule has 0 aliphatic rings. The Morgan fingerprint density at radius 1 is 1.26 bits per heavy atom. The first-order valence-corrected chi connectivity index (χ1v) is 6.64. The summed E-state index contributed by atoms with van der Waals surface area (Å²) in [4.78, 5) is 0. The molecule has 6 heteroatoms. The van der Waals surface area contributed by atoms with Gasteiger partial charge in [0.15, 0.2) is 0 Å². The largest absolute Gasteiger partial charge is 0.382 e. The molecule has 108 valence electrons. The van der Waals surface area contributed by atoms with Gasteiger partial charge in [-0.1, -0.05) is 23.2 Å². The van der Waals surface area contributed by atoms with E-state index in [-0.39, 0.29) is 17.2 Å². The lowest BCUT2D eigenvalue weighted by molar-refractivity contribution is 0.0276. The van der Waals surface area contributed by atoms with Gasteiger partial charge in [0.25, 0.3) is 0 Å². The van der Waals surface area contributed by atoms with Crippen LogP contribution in [0.4, 0.5) is 4.39 Å². The molecule has 0 heterocycles. The zero-order valence-corrected chi connectivity index (χ0v) is 12.7. The summed E-state index contributed by atoms with van der Waals surface area (Å²) >= 11 is 11.7. The highest BCUT2D eigenvalue weighted by Crippen LogP contribution is 2.28. The van der Waals surface area contributed by atoms with Crippen LogP contribution in [0.15, 0.2) is 12.1 Å². The maximum atomic E-state index is 13.4. The standard InChI is InChI=1S/C13H18Cl2FNO2/c1-8(17-6-9(19-3)7-18-2)10-4-13(16)12(15)5-11(10)14/h4-5,8-9,17H,6-7H2,1-3H3. The lowest BCUT2D eigenvalue weighted by atomic mass is 10.1. The summed E-state index contributed by atoms with van der Waals surface area (Å²) in [5.41, 5.74) is 0.663. The van der Waals surface area contributed by atoms with Crippen molar-refractivity contribution in [2.24, 2.45) is 0 Å². The third-order valence-corrected chi connectivity index (χ3v) is 3.46. The topological polar surface area (TPSA) is 30.5 Å². The molecular formula is C13H18Cl2FNO2. The third kappa shape index (κ3) is 4.89. The average Bonchev–Trinajstić information content (AvgIpc) is 2.38. The van der Waals surface area contributed by atoms with E-state index in [4.69, 9.17) is 32.7 Å². The van der Waals surface area contributed by atoms with E-state index in [1.54, 1.807) is 14.2 Å². The van der Waals surface area contributed by atoms with Gasteiger partial charge in [-0.05, 0) is 24.6 Å². The predicted molar refractivity (Wildman–Crippen MR) is 75.5 cm³/mol. The van der Waals surface area contributed by atoms with Crippen LogP contribution in [-0.2, 0) is 9.47 Å². The van der Waals surface area contributed by atoms with Gasteiger partial charge in [0.2, 0.25) is 0 Å². The summed E-state index contributed by atoms with van der Waals surface area (Å²) in [5.74, 6) is -0.477. The van der Waals surface area contributed by atoms with Gasteiger partial charge in [-0.3, -0.25) is 0 Å². The Labute approximate surface area is 123 Å². The molecule has 0 aliphatic heterocycles. The van der Waals surface area contributed by atoms with E-state index >= 15 is 0 Å². The number of rotatable bonds is 7. The Hall–Kier alpha value is -0.390. The molecule has 1 aromatic carbocycles. The molecular weight excluding hydrogens is 292 g/mol. The van der Waals surface area contributed by atoms with Gasteiger partial charge in [0.1, 0.15) is 5.82 Å². The van der Waals surface area contributed by atoms with Crippen molar-refractivity contribution >= 4 is 23.2 Å². The van der Waals surface area contributed by atoms with E-state index in [2.05, 4.69) is 5.32 Å². The van der Waals surface area contributed by atoms with Crippen LogP contribution in [0, 0.1) is 5.82 Å². The lowest BCUT2D eigenvalue weighted by Crippen LogP contribution is -2.33. The minimum atomic E-state index is -0.477. The van der Waals surface area contributed by atoms with Gasteiger partial charge in [-0.15, -0.1) is 0 Å². The average molecular weight is 310 g/mol. The molecule has 1 N–H and O–H groups in total. The van der Waals surface area contributed by atoms with E-state index in [1.165, 1.54) is 12.1 Å². The van der Waals surface area contributed by atoms with Crippen LogP contribution in [0.5, 0.6) is 0 Å². The van der Waals surface area contributed by atoms with Crippen molar-refractivity contribution in [3.8, 4) is 0 Å². The van der Waals surface area contributed by atoms with Crippen LogP contribution in [0.1, 0.15) is 18.5 Å². The number of methoxy groups -OCH3 is 2. The van der Waals surface area contributed by atoms with Crippen molar-refractivity contribution in [3.63, 3.8) is 0 Å². The Balaban J connectivity index is 2.67.